The fourth-order valence-electron chi connectivity index (χ4n) is 11.4. The van der Waals surface area contributed by atoms with E-state index in [0.29, 0.717) is 44.0 Å². The van der Waals surface area contributed by atoms with E-state index in [1.54, 1.807) is 0 Å². The van der Waals surface area contributed by atoms with E-state index in [2.05, 4.69) is 42.2 Å². The Kier molecular flexibility index (Phi) is 8.35. The van der Waals surface area contributed by atoms with Gasteiger partial charge in [-0.1, -0.05) is 37.3 Å². The van der Waals surface area contributed by atoms with Gasteiger partial charge in [-0.2, -0.15) is 0 Å². The molecule has 2 saturated heterocycles. The van der Waals surface area contributed by atoms with Gasteiger partial charge in [0.25, 0.3) is 0 Å². The van der Waals surface area contributed by atoms with Crippen molar-refractivity contribution < 1.29 is 29.2 Å². The summed E-state index contributed by atoms with van der Waals surface area (Å²) in [6.07, 6.45) is 15.5. The molecule has 0 radical (unpaired) electrons. The Morgan fingerprint density at radius 3 is 2.48 bits per heavy atom. The lowest BCUT2D eigenvalue weighted by molar-refractivity contribution is -0.260. The Hall–Kier alpha value is -1.87. The third-order valence-electron chi connectivity index (χ3n) is 13.7. The van der Waals surface area contributed by atoms with Crippen LogP contribution in [0.1, 0.15) is 102 Å². The largest absolute Gasteiger partial charge is 0.389 e. The molecule has 3 heterocycles. The molecule has 7 heteroatoms. The topological polar surface area (TPSA) is 90.3 Å². The lowest BCUT2D eigenvalue weighted by atomic mass is 9.44. The lowest BCUT2D eigenvalue weighted by Gasteiger charge is -2.63. The van der Waals surface area contributed by atoms with E-state index in [-0.39, 0.29) is 23.5 Å². The smallest absolute Gasteiger partial charge is 0.171 e. The number of rotatable bonds is 7. The molecule has 0 bridgehead atoms. The first kappa shape index (κ1) is 31.4. The van der Waals surface area contributed by atoms with E-state index in [9.17, 15) is 10.2 Å². The maximum atomic E-state index is 12.6. The van der Waals surface area contributed by atoms with Crippen LogP contribution in [0.15, 0.2) is 48.8 Å². The van der Waals surface area contributed by atoms with Gasteiger partial charge in [-0.3, -0.25) is 4.98 Å². The molecular formula is C39H53NO6. The van der Waals surface area contributed by atoms with Gasteiger partial charge in [0, 0.05) is 38.4 Å². The Bertz CT molecular complexity index is 1340. The number of nitrogens with zero attached hydrogens (tertiary/aromatic N) is 1. The molecule has 1 aromatic carbocycles. The molecule has 7 nitrogen and oxygen atoms in total. The average Bonchev–Trinajstić information content (AvgIpc) is 3.64. The molecule has 1 aromatic heterocycles. The van der Waals surface area contributed by atoms with E-state index in [1.165, 1.54) is 17.5 Å². The molecule has 8 rings (SSSR count). The molecule has 4 aliphatic carbocycles. The number of hydrogen-bond acceptors (Lipinski definition) is 7. The Balaban J connectivity index is 1.08. The maximum Gasteiger partial charge on any atom is 0.171 e. The van der Waals surface area contributed by atoms with Gasteiger partial charge >= 0.3 is 0 Å². The van der Waals surface area contributed by atoms with Gasteiger partial charge in [0.1, 0.15) is 0 Å². The zero-order chi connectivity index (χ0) is 31.4. The summed E-state index contributed by atoms with van der Waals surface area (Å²) in [5.41, 5.74) is 1.94. The number of pyridine rings is 1. The summed E-state index contributed by atoms with van der Waals surface area (Å²) in [5.74, 6) is 1.16. The molecule has 1 unspecified atom stereocenters. The second kappa shape index (κ2) is 12.2. The van der Waals surface area contributed by atoms with Gasteiger partial charge in [-0.25, -0.2) is 0 Å². The first-order valence-corrected chi connectivity index (χ1v) is 18.3. The SMILES string of the molecule is C[C@]12C[C@H](c3ccc(-c4cccnc4)cc3)[C@H]3[C@@H](CC[C@@]4(O)CC5(CC[C@H]34)OCCO5)[C@H]1CC[C@]2(O)CCCOC1CCCCO1. The van der Waals surface area contributed by atoms with Crippen molar-refractivity contribution in [2.45, 2.75) is 120 Å². The van der Waals surface area contributed by atoms with Crippen LogP contribution in [0.5, 0.6) is 0 Å². The number of aliphatic hydroxyl groups is 2. The standard InChI is InChI=1S/C39H53NO6/c1-36-24-31(28-10-8-27(9-11-28)29-6-4-19-40-25-29)35-30(12-16-37(41)26-39(18-14-33(35)37)45-22-23-46-39)32(36)13-17-38(36,42)15-5-21-44-34-7-2-3-20-43-34/h4,6,8-11,19,25,30-35,41-42H,2-3,5,7,12-18,20-24,26H2,1H3/t30-,31+,32+,33+,34?,35+,36-,37+,38+/m0/s1. The maximum absolute atomic E-state index is 12.6. The van der Waals surface area contributed by atoms with Crippen LogP contribution in [0.4, 0.5) is 0 Å². The van der Waals surface area contributed by atoms with Crippen LogP contribution in [0.2, 0.25) is 0 Å². The minimum atomic E-state index is -0.779. The molecule has 2 aliphatic heterocycles. The van der Waals surface area contributed by atoms with Crippen LogP contribution < -0.4 is 0 Å². The zero-order valence-electron chi connectivity index (χ0n) is 27.6. The summed E-state index contributed by atoms with van der Waals surface area (Å²) in [6.45, 7) is 5.07. The van der Waals surface area contributed by atoms with E-state index >= 15 is 0 Å². The minimum Gasteiger partial charge on any atom is -0.389 e. The molecule has 2 aromatic rings. The molecule has 9 atom stereocenters. The van der Waals surface area contributed by atoms with Gasteiger partial charge in [0.15, 0.2) is 12.1 Å². The number of fused-ring (bicyclic) bond motifs is 5. The third kappa shape index (κ3) is 5.38. The van der Waals surface area contributed by atoms with Crippen LogP contribution in [-0.2, 0) is 18.9 Å². The van der Waals surface area contributed by atoms with Crippen LogP contribution in [0.25, 0.3) is 11.1 Å². The summed E-state index contributed by atoms with van der Waals surface area (Å²) in [7, 11) is 0. The van der Waals surface area contributed by atoms with Crippen molar-refractivity contribution in [2.75, 3.05) is 26.4 Å². The first-order chi connectivity index (χ1) is 22.3. The Labute approximate surface area is 274 Å². The van der Waals surface area contributed by atoms with E-state index in [0.717, 1.165) is 82.8 Å². The highest BCUT2D eigenvalue weighted by Gasteiger charge is 2.67. The monoisotopic (exact) mass is 631 g/mol. The quantitative estimate of drug-likeness (QED) is 0.318. The number of benzene rings is 1. The zero-order valence-corrected chi connectivity index (χ0v) is 27.6. The van der Waals surface area contributed by atoms with Crippen molar-refractivity contribution in [3.05, 3.63) is 54.4 Å². The summed E-state index contributed by atoms with van der Waals surface area (Å²) < 4.78 is 24.2. The van der Waals surface area contributed by atoms with Crippen LogP contribution in [0, 0.1) is 29.1 Å². The summed E-state index contributed by atoms with van der Waals surface area (Å²) in [6, 6.07) is 13.2. The number of ether oxygens (including phenoxy) is 4. The Morgan fingerprint density at radius 1 is 0.891 bits per heavy atom. The van der Waals surface area contributed by atoms with Crippen molar-refractivity contribution in [1.29, 1.82) is 0 Å². The molecule has 250 valence electrons. The van der Waals surface area contributed by atoms with Crippen LogP contribution in [0.3, 0.4) is 0 Å². The molecule has 46 heavy (non-hydrogen) atoms. The van der Waals surface area contributed by atoms with Crippen molar-refractivity contribution in [1.82, 2.24) is 4.98 Å². The Morgan fingerprint density at radius 2 is 1.72 bits per heavy atom. The predicted octanol–water partition coefficient (Wildman–Crippen LogP) is 7.01. The molecule has 2 N–H and O–H groups in total. The molecule has 4 saturated carbocycles. The summed E-state index contributed by atoms with van der Waals surface area (Å²) in [4.78, 5) is 4.34. The van der Waals surface area contributed by atoms with Gasteiger partial charge in [0.05, 0.1) is 24.4 Å². The minimum absolute atomic E-state index is 0.0829. The molecule has 6 aliphatic rings. The van der Waals surface area contributed by atoms with Gasteiger partial charge in [-0.15, -0.1) is 0 Å². The summed E-state index contributed by atoms with van der Waals surface area (Å²) in [5, 5.41) is 25.0. The molecule has 0 amide bonds. The van der Waals surface area contributed by atoms with Gasteiger partial charge in [-0.05, 0) is 128 Å². The van der Waals surface area contributed by atoms with Crippen LogP contribution in [-0.4, -0.2) is 64.9 Å². The molecule has 6 fully saturated rings. The van der Waals surface area contributed by atoms with Crippen LogP contribution >= 0.6 is 0 Å². The molecule has 1 spiro atoms. The van der Waals surface area contributed by atoms with Crippen molar-refractivity contribution >= 4 is 0 Å². The first-order valence-electron chi connectivity index (χ1n) is 18.3. The number of aromatic nitrogens is 1. The number of hydrogen-bond donors (Lipinski definition) is 2. The highest BCUT2D eigenvalue weighted by atomic mass is 16.7. The third-order valence-corrected chi connectivity index (χ3v) is 13.7. The predicted molar refractivity (Wildman–Crippen MR) is 175 cm³/mol. The van der Waals surface area contributed by atoms with Crippen molar-refractivity contribution in [3.63, 3.8) is 0 Å². The van der Waals surface area contributed by atoms with E-state index in [1.807, 2.05) is 18.5 Å². The fraction of sp³-hybridized carbons (Fsp3) is 0.718. The van der Waals surface area contributed by atoms with Gasteiger partial charge < -0.3 is 29.2 Å². The van der Waals surface area contributed by atoms with E-state index in [4.69, 9.17) is 18.9 Å². The van der Waals surface area contributed by atoms with Crippen molar-refractivity contribution in [2.24, 2.45) is 29.1 Å². The van der Waals surface area contributed by atoms with Crippen molar-refractivity contribution in [3.8, 4) is 11.1 Å². The second-order valence-electron chi connectivity index (χ2n) is 15.9. The highest BCUT2D eigenvalue weighted by molar-refractivity contribution is 5.62. The second-order valence-corrected chi connectivity index (χ2v) is 15.9. The average molecular weight is 632 g/mol. The summed E-state index contributed by atoms with van der Waals surface area (Å²) >= 11 is 0. The fourth-order valence-corrected chi connectivity index (χ4v) is 11.4. The highest BCUT2D eigenvalue weighted by Crippen LogP contribution is 2.70. The lowest BCUT2D eigenvalue weighted by Crippen LogP contribution is -2.62. The normalized spacial score (nSPS) is 41.5. The molecular weight excluding hydrogens is 578 g/mol. The van der Waals surface area contributed by atoms with Gasteiger partial charge in [0.2, 0.25) is 0 Å². The van der Waals surface area contributed by atoms with E-state index < -0.39 is 17.0 Å².